The third-order valence-corrected chi connectivity index (χ3v) is 6.44. The molecule has 0 saturated carbocycles. The Bertz CT molecular complexity index is 727. The fourth-order valence-corrected chi connectivity index (χ4v) is 3.35. The summed E-state index contributed by atoms with van der Waals surface area (Å²) < 4.78 is 17.3. The molecular weight excluding hydrogens is 354 g/mol. The topological polar surface area (TPSA) is 40.6 Å². The number of rotatable bonds is 10. The minimum Gasteiger partial charge on any atom is -0.473 e. The molecule has 5 heteroatoms. The maximum absolute atomic E-state index is 5.99. The highest BCUT2D eigenvalue weighted by Crippen LogP contribution is 2.25. The molecule has 0 saturated heterocycles. The van der Waals surface area contributed by atoms with E-state index < -0.39 is 8.07 Å². The lowest BCUT2D eigenvalue weighted by molar-refractivity contribution is -0.0584. The number of nitrogens with zero attached hydrogens (tertiary/aromatic N) is 1. The van der Waals surface area contributed by atoms with Crippen molar-refractivity contribution in [1.82, 2.24) is 4.98 Å². The zero-order valence-electron chi connectivity index (χ0n) is 17.6. The molecule has 0 radical (unpaired) electrons. The maximum atomic E-state index is 5.99. The third-order valence-electron chi connectivity index (χ3n) is 4.74. The minimum absolute atomic E-state index is 0.304. The Balaban J connectivity index is 1.93. The van der Waals surface area contributed by atoms with Gasteiger partial charge in [0.1, 0.15) is 13.4 Å². The summed E-state index contributed by atoms with van der Waals surface area (Å²) in [6, 6.07) is 11.3. The zero-order valence-corrected chi connectivity index (χ0v) is 18.6. The van der Waals surface area contributed by atoms with Gasteiger partial charge in [0.05, 0.1) is 12.3 Å². The predicted octanol–water partition coefficient (Wildman–Crippen LogP) is 5.41. The normalized spacial score (nSPS) is 11.6. The second kappa shape index (κ2) is 10.0. The molecule has 0 aliphatic carbocycles. The van der Waals surface area contributed by atoms with Gasteiger partial charge in [0.2, 0.25) is 5.88 Å². The van der Waals surface area contributed by atoms with Crippen LogP contribution < -0.4 is 4.74 Å². The molecule has 4 nitrogen and oxygen atoms in total. The van der Waals surface area contributed by atoms with Crippen LogP contribution >= 0.6 is 0 Å². The van der Waals surface area contributed by atoms with Crippen LogP contribution in [0.3, 0.4) is 0 Å². The van der Waals surface area contributed by atoms with E-state index in [0.29, 0.717) is 25.9 Å². The van der Waals surface area contributed by atoms with Crippen molar-refractivity contribution in [2.45, 2.75) is 59.7 Å². The lowest BCUT2D eigenvalue weighted by atomic mass is 10.0. The van der Waals surface area contributed by atoms with Gasteiger partial charge in [0, 0.05) is 20.2 Å². The third kappa shape index (κ3) is 7.09. The Morgan fingerprint density at radius 3 is 2.22 bits per heavy atom. The van der Waals surface area contributed by atoms with Gasteiger partial charge in [-0.15, -0.1) is 0 Å². The average molecular weight is 388 g/mol. The molecule has 0 aliphatic rings. The summed E-state index contributed by atoms with van der Waals surface area (Å²) in [6.07, 6.45) is 0. The van der Waals surface area contributed by atoms with Crippen molar-refractivity contribution >= 4 is 8.07 Å². The highest BCUT2D eigenvalue weighted by atomic mass is 28.3. The van der Waals surface area contributed by atoms with Crippen LogP contribution in [0.25, 0.3) is 0 Å². The Morgan fingerprint density at radius 1 is 0.852 bits per heavy atom. The van der Waals surface area contributed by atoms with Crippen LogP contribution in [0, 0.1) is 20.8 Å². The van der Waals surface area contributed by atoms with Crippen molar-refractivity contribution in [3.8, 4) is 5.88 Å². The van der Waals surface area contributed by atoms with E-state index in [1.807, 2.05) is 18.2 Å². The van der Waals surface area contributed by atoms with Gasteiger partial charge in [0.25, 0.3) is 0 Å². The zero-order chi connectivity index (χ0) is 19.9. The van der Waals surface area contributed by atoms with Crippen LogP contribution in [0.15, 0.2) is 30.3 Å². The minimum atomic E-state index is -1.06. The smallest absolute Gasteiger partial charge is 0.217 e. The van der Waals surface area contributed by atoms with E-state index in [-0.39, 0.29) is 0 Å². The van der Waals surface area contributed by atoms with Crippen LogP contribution in [0.2, 0.25) is 25.7 Å². The SMILES string of the molecule is Cc1c(COCOCC[Si](C)(C)C)nc(OCc2ccccc2)c(C)c1C. The second-order valence-electron chi connectivity index (χ2n) is 8.20. The standard InChI is InChI=1S/C22H33NO3Si/c1-17-18(2)21(15-25-16-24-12-13-27(4,5)6)23-22(19(17)3)26-14-20-10-8-7-9-11-20/h7-11H,12-16H2,1-6H3. The summed E-state index contributed by atoms with van der Waals surface area (Å²) >= 11 is 0. The largest absolute Gasteiger partial charge is 0.473 e. The van der Waals surface area contributed by atoms with E-state index in [2.05, 4.69) is 52.5 Å². The summed E-state index contributed by atoms with van der Waals surface area (Å²) in [5, 5.41) is 0. The summed E-state index contributed by atoms with van der Waals surface area (Å²) in [6.45, 7) is 15.3. The average Bonchev–Trinajstić information content (AvgIpc) is 2.63. The van der Waals surface area contributed by atoms with Crippen molar-refractivity contribution in [2.24, 2.45) is 0 Å². The fraction of sp³-hybridized carbons (Fsp3) is 0.500. The summed E-state index contributed by atoms with van der Waals surface area (Å²) in [7, 11) is -1.06. The molecule has 0 atom stereocenters. The van der Waals surface area contributed by atoms with Gasteiger partial charge >= 0.3 is 0 Å². The van der Waals surface area contributed by atoms with E-state index in [4.69, 9.17) is 19.2 Å². The van der Waals surface area contributed by atoms with Crippen molar-refractivity contribution in [3.63, 3.8) is 0 Å². The van der Waals surface area contributed by atoms with Crippen LogP contribution in [0.4, 0.5) is 0 Å². The Hall–Kier alpha value is -1.69. The molecule has 27 heavy (non-hydrogen) atoms. The number of hydrogen-bond donors (Lipinski definition) is 0. The first-order chi connectivity index (χ1) is 12.8. The maximum Gasteiger partial charge on any atom is 0.217 e. The monoisotopic (exact) mass is 387 g/mol. The molecule has 1 aromatic heterocycles. The van der Waals surface area contributed by atoms with Crippen molar-refractivity contribution in [2.75, 3.05) is 13.4 Å². The number of hydrogen-bond acceptors (Lipinski definition) is 4. The Morgan fingerprint density at radius 2 is 1.56 bits per heavy atom. The molecule has 0 N–H and O–H groups in total. The van der Waals surface area contributed by atoms with E-state index in [1.54, 1.807) is 0 Å². The number of pyridine rings is 1. The van der Waals surface area contributed by atoms with Crippen LogP contribution in [0.5, 0.6) is 5.88 Å². The first-order valence-electron chi connectivity index (χ1n) is 9.57. The van der Waals surface area contributed by atoms with E-state index >= 15 is 0 Å². The molecule has 148 valence electrons. The molecule has 1 heterocycles. The molecule has 0 fully saturated rings. The highest BCUT2D eigenvalue weighted by molar-refractivity contribution is 6.76. The van der Waals surface area contributed by atoms with Crippen molar-refractivity contribution in [3.05, 3.63) is 58.3 Å². The fourth-order valence-electron chi connectivity index (χ4n) is 2.59. The Kier molecular flexibility index (Phi) is 8.02. The van der Waals surface area contributed by atoms with Crippen LogP contribution in [0.1, 0.15) is 27.9 Å². The molecule has 0 aliphatic heterocycles. The summed E-state index contributed by atoms with van der Waals surface area (Å²) in [5.41, 5.74) is 5.48. The molecule has 0 spiro atoms. The van der Waals surface area contributed by atoms with Crippen molar-refractivity contribution < 1.29 is 14.2 Å². The van der Waals surface area contributed by atoms with Gasteiger partial charge in [-0.2, -0.15) is 0 Å². The van der Waals surface area contributed by atoms with E-state index in [1.165, 1.54) is 5.56 Å². The molecule has 1 aromatic carbocycles. The molecule has 2 rings (SSSR count). The predicted molar refractivity (Wildman–Crippen MR) is 113 cm³/mol. The molecule has 2 aromatic rings. The van der Waals surface area contributed by atoms with Gasteiger partial charge in [-0.05, 0) is 43.5 Å². The van der Waals surface area contributed by atoms with Crippen LogP contribution in [-0.4, -0.2) is 26.5 Å². The highest BCUT2D eigenvalue weighted by Gasteiger charge is 2.14. The van der Waals surface area contributed by atoms with Gasteiger partial charge in [-0.1, -0.05) is 50.0 Å². The molecular formula is C22H33NO3Si. The van der Waals surface area contributed by atoms with Gasteiger partial charge in [-0.3, -0.25) is 0 Å². The van der Waals surface area contributed by atoms with Crippen molar-refractivity contribution in [1.29, 1.82) is 0 Å². The Labute approximate surface area is 164 Å². The van der Waals surface area contributed by atoms with Crippen LogP contribution in [-0.2, 0) is 22.7 Å². The van der Waals surface area contributed by atoms with Gasteiger partial charge in [0.15, 0.2) is 0 Å². The summed E-state index contributed by atoms with van der Waals surface area (Å²) in [5.74, 6) is 0.681. The lowest BCUT2D eigenvalue weighted by Gasteiger charge is -2.17. The quantitative estimate of drug-likeness (QED) is 0.310. The second-order valence-corrected chi connectivity index (χ2v) is 13.8. The molecule has 0 bridgehead atoms. The molecule has 0 amide bonds. The number of ether oxygens (including phenoxy) is 3. The lowest BCUT2D eigenvalue weighted by Crippen LogP contribution is -2.22. The summed E-state index contributed by atoms with van der Waals surface area (Å²) in [4.78, 5) is 4.71. The van der Waals surface area contributed by atoms with E-state index in [0.717, 1.165) is 35.0 Å². The first-order valence-corrected chi connectivity index (χ1v) is 13.3. The number of benzene rings is 1. The van der Waals surface area contributed by atoms with E-state index in [9.17, 15) is 0 Å². The van der Waals surface area contributed by atoms with Gasteiger partial charge in [-0.25, -0.2) is 4.98 Å². The molecule has 0 unspecified atom stereocenters. The number of aromatic nitrogens is 1. The van der Waals surface area contributed by atoms with Gasteiger partial charge < -0.3 is 14.2 Å². The first kappa shape index (κ1) is 21.6.